The molecule has 0 bridgehead atoms. The molecule has 1 saturated heterocycles. The zero-order valence-corrected chi connectivity index (χ0v) is 26.9. The molecule has 0 spiro atoms. The summed E-state index contributed by atoms with van der Waals surface area (Å²) in [7, 11) is 7.43. The van der Waals surface area contributed by atoms with Gasteiger partial charge in [-0.1, -0.05) is 35.0 Å². The van der Waals surface area contributed by atoms with Crippen LogP contribution in [0.1, 0.15) is 43.1 Å². The van der Waals surface area contributed by atoms with Crippen molar-refractivity contribution in [3.63, 3.8) is 0 Å². The average Bonchev–Trinajstić information content (AvgIpc) is 3.49. The molecule has 13 heteroatoms. The molecule has 1 aliphatic rings. The van der Waals surface area contributed by atoms with E-state index in [0.29, 0.717) is 56.0 Å². The molecule has 3 aromatic carbocycles. The summed E-state index contributed by atoms with van der Waals surface area (Å²) < 4.78 is 34.9. The van der Waals surface area contributed by atoms with Gasteiger partial charge >= 0.3 is 6.03 Å². The number of ether oxygens (including phenoxy) is 6. The monoisotopic (exact) mass is 652 g/mol. The number of rotatable bonds is 11. The summed E-state index contributed by atoms with van der Waals surface area (Å²) in [5.74, 6) is 2.26. The molecule has 10 nitrogen and oxygen atoms in total. The topological polar surface area (TPSA) is 108 Å². The van der Waals surface area contributed by atoms with Gasteiger partial charge in [0.05, 0.1) is 56.4 Å². The van der Waals surface area contributed by atoms with Gasteiger partial charge in [-0.3, -0.25) is 5.21 Å². The summed E-state index contributed by atoms with van der Waals surface area (Å²) in [5, 5.41) is 13.8. The molecule has 0 radical (unpaired) electrons. The molecule has 3 aromatic rings. The molecule has 0 aromatic heterocycles. The summed E-state index contributed by atoms with van der Waals surface area (Å²) >= 11 is 13.6. The molecule has 2 amide bonds. The van der Waals surface area contributed by atoms with E-state index in [4.69, 9.17) is 51.6 Å². The van der Waals surface area contributed by atoms with Gasteiger partial charge in [0.25, 0.3) is 0 Å². The second-order valence-electron chi connectivity index (χ2n) is 9.58. The standard InChI is InChI=1S/C30H34Cl2N2O8S/c1-16(43-19-7-8-20(31)21(32)15-19)41-28-22(33-30(35)34(2)36)11-17(12-25(28)37-3)23-9-10-24(42-23)18-13-26(38-4)29(40-6)27(14-18)39-5/h7-8,11-16,23-24,36H,9-10H2,1-6H3,(H,33,35). The highest BCUT2D eigenvalue weighted by molar-refractivity contribution is 7.99. The molecule has 4 rings (SSSR count). The average molecular weight is 654 g/mol. The van der Waals surface area contributed by atoms with Crippen LogP contribution in [-0.2, 0) is 4.74 Å². The van der Waals surface area contributed by atoms with Crippen LogP contribution in [0.25, 0.3) is 0 Å². The number of nitrogens with zero attached hydrogens (tertiary/aromatic N) is 1. The van der Waals surface area contributed by atoms with Gasteiger partial charge < -0.3 is 33.7 Å². The Bertz CT molecular complexity index is 1430. The van der Waals surface area contributed by atoms with Gasteiger partial charge in [0.15, 0.2) is 23.0 Å². The maximum absolute atomic E-state index is 12.5. The SMILES string of the molecule is COc1cc(C2CCC(c3cc(OC)c(OC)c(OC)c3)O2)cc(NC(=O)N(C)O)c1OC(C)Sc1ccc(Cl)c(Cl)c1. The molecular formula is C30H34Cl2N2O8S. The molecule has 232 valence electrons. The normalized spacial score (nSPS) is 16.8. The van der Waals surface area contributed by atoms with E-state index in [1.54, 1.807) is 39.5 Å². The second kappa shape index (κ2) is 14.5. The fourth-order valence-electron chi connectivity index (χ4n) is 4.72. The van der Waals surface area contributed by atoms with Gasteiger partial charge in [0.2, 0.25) is 5.75 Å². The quantitative estimate of drug-likeness (QED) is 0.0922. The maximum Gasteiger partial charge on any atom is 0.345 e. The molecule has 1 aliphatic heterocycles. The van der Waals surface area contributed by atoms with E-state index in [2.05, 4.69) is 5.32 Å². The number of nitrogens with one attached hydrogen (secondary N) is 1. The number of hydrogen-bond acceptors (Lipinski definition) is 9. The highest BCUT2D eigenvalue weighted by Crippen LogP contribution is 2.48. The van der Waals surface area contributed by atoms with E-state index < -0.39 is 11.5 Å². The minimum Gasteiger partial charge on any atom is -0.493 e. The van der Waals surface area contributed by atoms with Crippen LogP contribution in [-0.4, -0.2) is 57.2 Å². The fraction of sp³-hybridized carbons (Fsp3) is 0.367. The highest BCUT2D eigenvalue weighted by atomic mass is 35.5. The Hall–Kier alpha value is -3.22. The lowest BCUT2D eigenvalue weighted by Gasteiger charge is -2.23. The van der Waals surface area contributed by atoms with Gasteiger partial charge in [0.1, 0.15) is 5.44 Å². The van der Waals surface area contributed by atoms with Crippen LogP contribution >= 0.6 is 35.0 Å². The van der Waals surface area contributed by atoms with Crippen LogP contribution in [0.4, 0.5) is 10.5 Å². The predicted molar refractivity (Wildman–Crippen MR) is 166 cm³/mol. The van der Waals surface area contributed by atoms with Crippen molar-refractivity contribution in [3.8, 4) is 28.7 Å². The van der Waals surface area contributed by atoms with Crippen LogP contribution in [0.5, 0.6) is 28.7 Å². The van der Waals surface area contributed by atoms with Crippen molar-refractivity contribution in [3.05, 3.63) is 63.6 Å². The van der Waals surface area contributed by atoms with E-state index in [0.717, 1.165) is 22.4 Å². The molecule has 1 fully saturated rings. The van der Waals surface area contributed by atoms with Crippen molar-refractivity contribution < 1.29 is 38.4 Å². The largest absolute Gasteiger partial charge is 0.493 e. The fourth-order valence-corrected chi connectivity index (χ4v) is 5.94. The molecule has 43 heavy (non-hydrogen) atoms. The van der Waals surface area contributed by atoms with E-state index in [-0.39, 0.29) is 12.2 Å². The number of benzene rings is 3. The molecule has 3 unspecified atom stereocenters. The van der Waals surface area contributed by atoms with E-state index in [1.807, 2.05) is 31.2 Å². The van der Waals surface area contributed by atoms with E-state index in [1.165, 1.54) is 25.9 Å². The number of anilines is 1. The van der Waals surface area contributed by atoms with Gasteiger partial charge in [-0.05, 0) is 73.4 Å². The second-order valence-corrected chi connectivity index (χ2v) is 11.8. The highest BCUT2D eigenvalue weighted by Gasteiger charge is 2.31. The lowest BCUT2D eigenvalue weighted by Crippen LogP contribution is -2.28. The number of hydroxylamine groups is 2. The lowest BCUT2D eigenvalue weighted by molar-refractivity contribution is -0.0118. The summed E-state index contributed by atoms with van der Waals surface area (Å²) in [6, 6.07) is 11.9. The van der Waals surface area contributed by atoms with Crippen molar-refractivity contribution >= 4 is 46.7 Å². The van der Waals surface area contributed by atoms with Crippen molar-refractivity contribution in [2.45, 2.75) is 42.3 Å². The third kappa shape index (κ3) is 7.66. The summed E-state index contributed by atoms with van der Waals surface area (Å²) in [4.78, 5) is 13.4. The molecular weight excluding hydrogens is 619 g/mol. The number of thioether (sulfide) groups is 1. The van der Waals surface area contributed by atoms with Gasteiger partial charge in [-0.2, -0.15) is 0 Å². The Morgan fingerprint density at radius 2 is 1.47 bits per heavy atom. The molecule has 1 heterocycles. The van der Waals surface area contributed by atoms with Crippen LogP contribution in [0.15, 0.2) is 47.4 Å². The molecule has 2 N–H and O–H groups in total. The number of methoxy groups -OCH3 is 4. The first kappa shape index (κ1) is 32.7. The Labute approximate surface area is 265 Å². The van der Waals surface area contributed by atoms with Crippen LogP contribution in [0, 0.1) is 0 Å². The summed E-state index contributed by atoms with van der Waals surface area (Å²) in [6.07, 6.45) is 0.853. The third-order valence-electron chi connectivity index (χ3n) is 6.76. The zero-order chi connectivity index (χ0) is 31.3. The van der Waals surface area contributed by atoms with Crippen LogP contribution < -0.4 is 29.0 Å². The molecule has 3 atom stereocenters. The Morgan fingerprint density at radius 3 is 1.98 bits per heavy atom. The lowest BCUT2D eigenvalue weighted by atomic mass is 10.0. The Kier molecular flexibility index (Phi) is 11.0. The van der Waals surface area contributed by atoms with Crippen molar-refractivity contribution in [2.75, 3.05) is 40.8 Å². The molecule has 0 saturated carbocycles. The van der Waals surface area contributed by atoms with Crippen LogP contribution in [0.3, 0.4) is 0 Å². The maximum atomic E-state index is 12.5. The zero-order valence-electron chi connectivity index (χ0n) is 24.6. The first-order chi connectivity index (χ1) is 20.6. The minimum atomic E-state index is -0.753. The number of hydrogen-bond donors (Lipinski definition) is 2. The number of carbonyl (C=O) groups is 1. The number of carbonyl (C=O) groups excluding carboxylic acids is 1. The minimum absolute atomic E-state index is 0.245. The van der Waals surface area contributed by atoms with Crippen molar-refractivity contribution in [1.82, 2.24) is 5.06 Å². The first-order valence-electron chi connectivity index (χ1n) is 13.3. The predicted octanol–water partition coefficient (Wildman–Crippen LogP) is 7.99. The number of halogens is 2. The van der Waals surface area contributed by atoms with Crippen molar-refractivity contribution in [1.29, 1.82) is 0 Å². The molecule has 0 aliphatic carbocycles. The summed E-state index contributed by atoms with van der Waals surface area (Å²) in [5.41, 5.74) is 1.53. The summed E-state index contributed by atoms with van der Waals surface area (Å²) in [6.45, 7) is 1.85. The van der Waals surface area contributed by atoms with Crippen molar-refractivity contribution in [2.24, 2.45) is 0 Å². The third-order valence-corrected chi connectivity index (χ3v) is 8.45. The number of amides is 2. The van der Waals surface area contributed by atoms with Gasteiger partial charge in [-0.25, -0.2) is 9.86 Å². The van der Waals surface area contributed by atoms with E-state index in [9.17, 15) is 10.0 Å². The van der Waals surface area contributed by atoms with Gasteiger partial charge in [-0.15, -0.1) is 0 Å². The van der Waals surface area contributed by atoms with Gasteiger partial charge in [0, 0.05) is 11.9 Å². The van der Waals surface area contributed by atoms with Crippen LogP contribution in [0.2, 0.25) is 10.0 Å². The number of urea groups is 1. The first-order valence-corrected chi connectivity index (χ1v) is 14.9. The Morgan fingerprint density at radius 1 is 0.907 bits per heavy atom. The Balaban J connectivity index is 1.63. The smallest absolute Gasteiger partial charge is 0.345 e. The van der Waals surface area contributed by atoms with E-state index >= 15 is 0 Å².